The molecule has 0 heterocycles. The van der Waals surface area contributed by atoms with E-state index in [-0.39, 0.29) is 16.4 Å². The summed E-state index contributed by atoms with van der Waals surface area (Å²) in [7, 11) is -2.38. The van der Waals surface area contributed by atoms with Crippen molar-refractivity contribution in [3.05, 3.63) is 63.2 Å². The van der Waals surface area contributed by atoms with Gasteiger partial charge in [0.25, 0.3) is 11.6 Å². The van der Waals surface area contributed by atoms with Gasteiger partial charge in [0.15, 0.2) is 0 Å². The normalized spacial score (nSPS) is 11.3. The summed E-state index contributed by atoms with van der Waals surface area (Å²) < 4.78 is 30.1. The van der Waals surface area contributed by atoms with Crippen molar-refractivity contribution in [3.8, 4) is 5.75 Å². The van der Waals surface area contributed by atoms with Crippen LogP contribution in [0.25, 0.3) is 0 Å². The number of carbonyl (C=O) groups excluding carboxylic acids is 1. The maximum atomic E-state index is 12.1. The van der Waals surface area contributed by atoms with E-state index in [0.717, 1.165) is 10.6 Å². The van der Waals surface area contributed by atoms with E-state index in [1.54, 1.807) is 6.07 Å². The predicted molar refractivity (Wildman–Crippen MR) is 109 cm³/mol. The molecule has 0 aliphatic carbocycles. The SMILES string of the molecule is COc1ccc(N(CC(=O)N/N=C\c2cccc([N+](=O)[O-])c2)S(C)(=O)=O)cc1Cl. The molecule has 1 N–H and O–H groups in total. The summed E-state index contributed by atoms with van der Waals surface area (Å²) in [6.07, 6.45) is 2.16. The molecular weight excluding hydrogens is 424 g/mol. The highest BCUT2D eigenvalue weighted by Crippen LogP contribution is 2.30. The Morgan fingerprint density at radius 3 is 2.66 bits per heavy atom. The van der Waals surface area contributed by atoms with Crippen LogP contribution in [0.2, 0.25) is 5.02 Å². The average molecular weight is 441 g/mol. The van der Waals surface area contributed by atoms with Crippen molar-refractivity contribution in [3.63, 3.8) is 0 Å². The van der Waals surface area contributed by atoms with Crippen LogP contribution >= 0.6 is 11.6 Å². The van der Waals surface area contributed by atoms with Crippen LogP contribution in [0.15, 0.2) is 47.6 Å². The molecule has 0 fully saturated rings. The molecule has 0 saturated heterocycles. The zero-order valence-electron chi connectivity index (χ0n) is 15.4. The molecular formula is C17H17ClN4O6S. The summed E-state index contributed by atoms with van der Waals surface area (Å²) in [5, 5.41) is 14.6. The second-order valence-electron chi connectivity index (χ2n) is 5.73. The molecule has 0 aliphatic rings. The van der Waals surface area contributed by atoms with Crippen LogP contribution in [-0.2, 0) is 14.8 Å². The Kier molecular flexibility index (Phi) is 7.13. The maximum absolute atomic E-state index is 12.1. The van der Waals surface area contributed by atoms with Crippen LogP contribution in [0.4, 0.5) is 11.4 Å². The molecule has 0 atom stereocenters. The van der Waals surface area contributed by atoms with Crippen molar-refractivity contribution in [1.82, 2.24) is 5.43 Å². The second kappa shape index (κ2) is 9.34. The molecule has 2 aromatic rings. The van der Waals surface area contributed by atoms with Gasteiger partial charge in [-0.25, -0.2) is 13.8 Å². The van der Waals surface area contributed by atoms with Gasteiger partial charge in [0.2, 0.25) is 10.0 Å². The number of nitro benzene ring substituents is 1. The molecule has 0 bridgehead atoms. The third-order valence-corrected chi connectivity index (χ3v) is 5.03. The lowest BCUT2D eigenvalue weighted by Crippen LogP contribution is -2.39. The van der Waals surface area contributed by atoms with Gasteiger partial charge in [-0.3, -0.25) is 19.2 Å². The van der Waals surface area contributed by atoms with Crippen LogP contribution in [0, 0.1) is 10.1 Å². The van der Waals surface area contributed by atoms with E-state index < -0.39 is 27.4 Å². The zero-order chi connectivity index (χ0) is 21.6. The van der Waals surface area contributed by atoms with Gasteiger partial charge in [0, 0.05) is 17.7 Å². The standard InChI is InChI=1S/C17H17ClN4O6S/c1-28-16-7-6-13(9-15(16)18)21(29(2,26)27)11-17(23)20-19-10-12-4-3-5-14(8-12)22(24)25/h3-10H,11H2,1-2H3,(H,20,23)/b19-10-. The first-order valence-corrected chi connectivity index (χ1v) is 10.2. The quantitative estimate of drug-likeness (QED) is 0.380. The molecule has 12 heteroatoms. The van der Waals surface area contributed by atoms with E-state index in [2.05, 4.69) is 10.5 Å². The molecule has 10 nitrogen and oxygen atoms in total. The first-order chi connectivity index (χ1) is 13.6. The third kappa shape index (κ3) is 6.16. The molecule has 0 radical (unpaired) electrons. The fourth-order valence-corrected chi connectivity index (χ4v) is 3.37. The van der Waals surface area contributed by atoms with Crippen molar-refractivity contribution in [2.24, 2.45) is 5.10 Å². The smallest absolute Gasteiger partial charge is 0.270 e. The van der Waals surface area contributed by atoms with Gasteiger partial charge in [-0.15, -0.1) is 0 Å². The molecule has 0 saturated carbocycles. The molecule has 154 valence electrons. The minimum Gasteiger partial charge on any atom is -0.495 e. The molecule has 0 aromatic heterocycles. The summed E-state index contributed by atoms with van der Waals surface area (Å²) in [6, 6.07) is 9.92. The summed E-state index contributed by atoms with van der Waals surface area (Å²) in [5.41, 5.74) is 2.63. The number of hydrogen-bond donors (Lipinski definition) is 1. The minimum atomic E-state index is -3.80. The number of halogens is 1. The molecule has 2 rings (SSSR count). The summed E-state index contributed by atoms with van der Waals surface area (Å²) in [5.74, 6) is -0.362. The predicted octanol–water partition coefficient (Wildman–Crippen LogP) is 2.17. The number of hydrazone groups is 1. The van der Waals surface area contributed by atoms with Gasteiger partial charge < -0.3 is 4.74 Å². The number of benzene rings is 2. The Labute approximate surface area is 171 Å². The van der Waals surface area contributed by atoms with Gasteiger partial charge in [-0.1, -0.05) is 23.7 Å². The van der Waals surface area contributed by atoms with Gasteiger partial charge >= 0.3 is 0 Å². The highest BCUT2D eigenvalue weighted by Gasteiger charge is 2.21. The number of nitrogens with zero attached hydrogens (tertiary/aromatic N) is 3. The number of nitro groups is 1. The van der Waals surface area contributed by atoms with Crippen LogP contribution in [0.3, 0.4) is 0 Å². The lowest BCUT2D eigenvalue weighted by molar-refractivity contribution is -0.384. The molecule has 0 spiro atoms. The van der Waals surface area contributed by atoms with E-state index in [1.165, 1.54) is 49.7 Å². The Morgan fingerprint density at radius 1 is 1.34 bits per heavy atom. The van der Waals surface area contributed by atoms with Gasteiger partial charge in [-0.2, -0.15) is 5.10 Å². The lowest BCUT2D eigenvalue weighted by Gasteiger charge is -2.21. The van der Waals surface area contributed by atoms with E-state index in [9.17, 15) is 23.3 Å². The van der Waals surface area contributed by atoms with E-state index >= 15 is 0 Å². The summed E-state index contributed by atoms with van der Waals surface area (Å²) in [4.78, 5) is 22.4. The van der Waals surface area contributed by atoms with Crippen molar-refractivity contribution in [2.75, 3.05) is 24.2 Å². The van der Waals surface area contributed by atoms with Crippen LogP contribution in [0.5, 0.6) is 5.75 Å². The van der Waals surface area contributed by atoms with E-state index in [4.69, 9.17) is 16.3 Å². The fraction of sp³-hybridized carbons (Fsp3) is 0.176. The average Bonchev–Trinajstić information content (AvgIpc) is 2.65. The first-order valence-electron chi connectivity index (χ1n) is 7.99. The van der Waals surface area contributed by atoms with Gasteiger partial charge in [-0.05, 0) is 18.2 Å². The van der Waals surface area contributed by atoms with Crippen LogP contribution in [0.1, 0.15) is 5.56 Å². The molecule has 1 amide bonds. The number of rotatable bonds is 8. The third-order valence-electron chi connectivity index (χ3n) is 3.59. The fourth-order valence-electron chi connectivity index (χ4n) is 2.27. The monoisotopic (exact) mass is 440 g/mol. The number of amides is 1. The van der Waals surface area contributed by atoms with Crippen molar-refractivity contribution >= 4 is 45.1 Å². The van der Waals surface area contributed by atoms with Gasteiger partial charge in [0.1, 0.15) is 12.3 Å². The highest BCUT2D eigenvalue weighted by molar-refractivity contribution is 7.92. The number of anilines is 1. The number of carbonyl (C=O) groups is 1. The largest absolute Gasteiger partial charge is 0.495 e. The minimum absolute atomic E-state index is 0.125. The van der Waals surface area contributed by atoms with E-state index in [1.807, 2.05) is 0 Å². The van der Waals surface area contributed by atoms with Crippen molar-refractivity contribution in [1.29, 1.82) is 0 Å². The van der Waals surface area contributed by atoms with Gasteiger partial charge in [0.05, 0.1) is 35.2 Å². The number of non-ortho nitro benzene ring substituents is 1. The number of hydrogen-bond acceptors (Lipinski definition) is 7. The number of sulfonamides is 1. The Balaban J connectivity index is 2.12. The molecule has 29 heavy (non-hydrogen) atoms. The second-order valence-corrected chi connectivity index (χ2v) is 8.05. The number of nitrogens with one attached hydrogen (secondary N) is 1. The topological polar surface area (TPSA) is 131 Å². The Hall–Kier alpha value is -3.18. The molecule has 2 aromatic carbocycles. The summed E-state index contributed by atoms with van der Waals surface area (Å²) in [6.45, 7) is -0.548. The highest BCUT2D eigenvalue weighted by atomic mass is 35.5. The van der Waals surface area contributed by atoms with Crippen LogP contribution < -0.4 is 14.5 Å². The first kappa shape index (κ1) is 22.1. The van der Waals surface area contributed by atoms with E-state index in [0.29, 0.717) is 11.3 Å². The number of ether oxygens (including phenoxy) is 1. The Bertz CT molecular complexity index is 1060. The zero-order valence-corrected chi connectivity index (χ0v) is 17.0. The maximum Gasteiger partial charge on any atom is 0.270 e. The van der Waals surface area contributed by atoms with Crippen molar-refractivity contribution < 1.29 is 22.9 Å². The number of methoxy groups -OCH3 is 1. The Morgan fingerprint density at radius 2 is 2.07 bits per heavy atom. The summed E-state index contributed by atoms with van der Waals surface area (Å²) >= 11 is 6.03. The van der Waals surface area contributed by atoms with Crippen molar-refractivity contribution in [2.45, 2.75) is 0 Å². The molecule has 0 unspecified atom stereocenters. The van der Waals surface area contributed by atoms with Crippen LogP contribution in [-0.4, -0.2) is 45.4 Å². The lowest BCUT2D eigenvalue weighted by atomic mass is 10.2. The molecule has 0 aliphatic heterocycles.